The topological polar surface area (TPSA) is 121 Å². The highest BCUT2D eigenvalue weighted by molar-refractivity contribution is 9.10. The van der Waals surface area contributed by atoms with E-state index < -0.39 is 17.3 Å². The maximum absolute atomic E-state index is 13.9. The number of amides is 2. The van der Waals surface area contributed by atoms with E-state index in [0.717, 1.165) is 5.56 Å². The number of carbonyl (C=O) groups excluding carboxylic acids is 1. The van der Waals surface area contributed by atoms with Gasteiger partial charge in [0.1, 0.15) is 22.6 Å². The van der Waals surface area contributed by atoms with Crippen molar-refractivity contribution < 1.29 is 23.8 Å². The van der Waals surface area contributed by atoms with Gasteiger partial charge in [0.05, 0.1) is 5.56 Å². The van der Waals surface area contributed by atoms with Crippen LogP contribution in [0.2, 0.25) is 0 Å². The molecule has 0 saturated carbocycles. The normalized spacial score (nSPS) is 10.7. The van der Waals surface area contributed by atoms with Crippen LogP contribution in [-0.2, 0) is 13.2 Å². The molecule has 35 heavy (non-hydrogen) atoms. The Morgan fingerprint density at radius 2 is 1.86 bits per heavy atom. The van der Waals surface area contributed by atoms with Gasteiger partial charge in [-0.15, -0.1) is 0 Å². The number of halogens is 2. The summed E-state index contributed by atoms with van der Waals surface area (Å²) in [4.78, 5) is 38.6. The molecule has 0 spiro atoms. The zero-order valence-corrected chi connectivity index (χ0v) is 21.0. The lowest BCUT2D eigenvalue weighted by Crippen LogP contribution is -2.35. The van der Waals surface area contributed by atoms with E-state index in [0.29, 0.717) is 34.5 Å². The Balaban J connectivity index is 2.01. The summed E-state index contributed by atoms with van der Waals surface area (Å²) in [6.45, 7) is 5.81. The molecule has 0 bridgehead atoms. The Kier molecular flexibility index (Phi) is 8.29. The Morgan fingerprint density at radius 3 is 2.54 bits per heavy atom. The van der Waals surface area contributed by atoms with Crippen LogP contribution < -0.4 is 20.9 Å². The van der Waals surface area contributed by atoms with E-state index in [4.69, 9.17) is 4.74 Å². The van der Waals surface area contributed by atoms with Gasteiger partial charge in [-0.1, -0.05) is 12.1 Å². The van der Waals surface area contributed by atoms with E-state index in [1.54, 1.807) is 26.0 Å². The van der Waals surface area contributed by atoms with Crippen LogP contribution in [0.3, 0.4) is 0 Å². The molecule has 0 aliphatic rings. The summed E-state index contributed by atoms with van der Waals surface area (Å²) in [5.74, 6) is -1.31. The minimum atomic E-state index is -1.08. The van der Waals surface area contributed by atoms with Gasteiger partial charge in [-0.25, -0.2) is 14.0 Å². The monoisotopic (exact) mass is 545 g/mol. The number of ether oxygens (including phenoxy) is 1. The molecule has 0 fully saturated rings. The first kappa shape index (κ1) is 26.0. The summed E-state index contributed by atoms with van der Waals surface area (Å²) >= 11 is 3.29. The third-order valence-electron chi connectivity index (χ3n) is 5.37. The van der Waals surface area contributed by atoms with Crippen LogP contribution in [0.1, 0.15) is 39.7 Å². The molecule has 0 atom stereocenters. The van der Waals surface area contributed by atoms with Crippen LogP contribution in [0.5, 0.6) is 5.75 Å². The molecule has 3 aromatic rings. The molecule has 1 aromatic heterocycles. The van der Waals surface area contributed by atoms with E-state index in [1.807, 2.05) is 6.92 Å². The fourth-order valence-electron chi connectivity index (χ4n) is 3.60. The van der Waals surface area contributed by atoms with Gasteiger partial charge in [-0.2, -0.15) is 0 Å². The van der Waals surface area contributed by atoms with Crippen LogP contribution in [0.4, 0.5) is 9.18 Å². The third-order valence-corrected chi connectivity index (χ3v) is 6.09. The Bertz CT molecular complexity index is 1340. The molecule has 0 aliphatic carbocycles. The number of aromatic nitrogens is 1. The van der Waals surface area contributed by atoms with Crippen LogP contribution in [0.15, 0.2) is 45.7 Å². The lowest BCUT2D eigenvalue weighted by Gasteiger charge is -2.18. The average molecular weight is 546 g/mol. The lowest BCUT2D eigenvalue weighted by atomic mass is 9.96. The van der Waals surface area contributed by atoms with Crippen LogP contribution in [0.25, 0.3) is 11.1 Å². The average Bonchev–Trinajstić information content (AvgIpc) is 2.80. The first-order chi connectivity index (χ1) is 16.6. The standard InChI is InChI=1S/C25H25BrFN3O5/c1-4-28-25(34)29-11-17-9-18(27)8-7-16(17)12-35-22-20(14(3)30-23(31)21(22)26)19-10-15(24(32)33)6-5-13(19)2/h5-10H,4,11-12H2,1-3H3,(H,30,31)(H,32,33)(H2,28,29,34). The number of carboxylic acid groups (broad SMARTS) is 1. The summed E-state index contributed by atoms with van der Waals surface area (Å²) in [5, 5.41) is 14.7. The number of benzene rings is 2. The van der Waals surface area contributed by atoms with Crippen molar-refractivity contribution in [3.63, 3.8) is 0 Å². The second-order valence-corrected chi connectivity index (χ2v) is 8.64. The molecule has 2 amide bonds. The molecule has 8 nitrogen and oxygen atoms in total. The molecule has 0 aliphatic heterocycles. The van der Waals surface area contributed by atoms with Crippen molar-refractivity contribution in [3.8, 4) is 16.9 Å². The molecular formula is C25H25BrFN3O5. The predicted molar refractivity (Wildman–Crippen MR) is 133 cm³/mol. The molecule has 0 saturated heterocycles. The minimum absolute atomic E-state index is 0.0289. The zero-order valence-electron chi connectivity index (χ0n) is 19.4. The molecule has 1 heterocycles. The number of hydrogen-bond donors (Lipinski definition) is 4. The number of aryl methyl sites for hydroxylation is 2. The SMILES string of the molecule is CCNC(=O)NCc1cc(F)ccc1COc1c(-c2cc(C(=O)O)ccc2C)c(C)[nH]c(=O)c1Br. The minimum Gasteiger partial charge on any atom is -0.487 e. The van der Waals surface area contributed by atoms with Crippen molar-refractivity contribution in [3.05, 3.63) is 85.0 Å². The second kappa shape index (κ2) is 11.2. The first-order valence-electron chi connectivity index (χ1n) is 10.8. The molecule has 184 valence electrons. The molecular weight excluding hydrogens is 521 g/mol. The number of aromatic carboxylic acids is 1. The smallest absolute Gasteiger partial charge is 0.335 e. The number of aromatic amines is 1. The fourth-order valence-corrected chi connectivity index (χ4v) is 4.02. The summed E-state index contributed by atoms with van der Waals surface area (Å²) in [6, 6.07) is 8.48. The van der Waals surface area contributed by atoms with Crippen molar-refractivity contribution in [1.29, 1.82) is 0 Å². The maximum atomic E-state index is 13.9. The fraction of sp³-hybridized carbons (Fsp3) is 0.240. The number of rotatable bonds is 8. The van der Waals surface area contributed by atoms with Crippen molar-refractivity contribution in [2.45, 2.75) is 33.9 Å². The van der Waals surface area contributed by atoms with E-state index in [1.165, 1.54) is 24.3 Å². The van der Waals surface area contributed by atoms with Crippen LogP contribution in [-0.4, -0.2) is 28.6 Å². The number of urea groups is 1. The number of hydrogen-bond acceptors (Lipinski definition) is 4. The summed E-state index contributed by atoms with van der Waals surface area (Å²) in [6.07, 6.45) is 0. The van der Waals surface area contributed by atoms with Gasteiger partial charge in [0.25, 0.3) is 5.56 Å². The molecule has 10 heteroatoms. The van der Waals surface area contributed by atoms with E-state index in [-0.39, 0.29) is 35.0 Å². The number of carboxylic acids is 1. The zero-order chi connectivity index (χ0) is 25.7. The highest BCUT2D eigenvalue weighted by atomic mass is 79.9. The number of H-pyrrole nitrogens is 1. The molecule has 0 radical (unpaired) electrons. The number of carbonyl (C=O) groups is 2. The maximum Gasteiger partial charge on any atom is 0.335 e. The number of pyridine rings is 1. The van der Waals surface area contributed by atoms with Crippen molar-refractivity contribution in [1.82, 2.24) is 15.6 Å². The van der Waals surface area contributed by atoms with Crippen molar-refractivity contribution in [2.75, 3.05) is 6.54 Å². The third kappa shape index (κ3) is 6.07. The summed E-state index contributed by atoms with van der Waals surface area (Å²) < 4.78 is 20.2. The summed E-state index contributed by atoms with van der Waals surface area (Å²) in [5.41, 5.74) is 3.20. The van der Waals surface area contributed by atoms with Gasteiger partial charge in [-0.05, 0) is 83.2 Å². The Morgan fingerprint density at radius 1 is 1.11 bits per heavy atom. The highest BCUT2D eigenvalue weighted by Crippen LogP contribution is 2.38. The molecule has 0 unspecified atom stereocenters. The van der Waals surface area contributed by atoms with E-state index >= 15 is 0 Å². The predicted octanol–water partition coefficient (Wildman–Crippen LogP) is 4.66. The first-order valence-corrected chi connectivity index (χ1v) is 11.6. The summed E-state index contributed by atoms with van der Waals surface area (Å²) in [7, 11) is 0. The van der Waals surface area contributed by atoms with Gasteiger partial charge in [0, 0.05) is 24.3 Å². The van der Waals surface area contributed by atoms with E-state index in [9.17, 15) is 23.9 Å². The Hall–Kier alpha value is -3.66. The van der Waals surface area contributed by atoms with Gasteiger partial charge >= 0.3 is 12.0 Å². The molecule has 3 rings (SSSR count). The number of nitrogens with one attached hydrogen (secondary N) is 3. The van der Waals surface area contributed by atoms with E-state index in [2.05, 4.69) is 31.5 Å². The van der Waals surface area contributed by atoms with Crippen molar-refractivity contribution in [2.24, 2.45) is 0 Å². The lowest BCUT2D eigenvalue weighted by molar-refractivity contribution is 0.0697. The molecule has 2 aromatic carbocycles. The van der Waals surface area contributed by atoms with Gasteiger partial charge < -0.3 is 25.5 Å². The van der Waals surface area contributed by atoms with Crippen LogP contribution >= 0.6 is 15.9 Å². The highest BCUT2D eigenvalue weighted by Gasteiger charge is 2.20. The van der Waals surface area contributed by atoms with Gasteiger partial charge in [0.15, 0.2) is 0 Å². The van der Waals surface area contributed by atoms with Crippen LogP contribution in [0, 0.1) is 19.7 Å². The van der Waals surface area contributed by atoms with Gasteiger partial charge in [0.2, 0.25) is 0 Å². The Labute approximate surface area is 209 Å². The quantitative estimate of drug-likeness (QED) is 0.328. The second-order valence-electron chi connectivity index (χ2n) is 7.85. The van der Waals surface area contributed by atoms with Gasteiger partial charge in [-0.3, -0.25) is 4.79 Å². The molecule has 4 N–H and O–H groups in total. The largest absolute Gasteiger partial charge is 0.487 e. The van der Waals surface area contributed by atoms with Crippen molar-refractivity contribution >= 4 is 27.9 Å².